The molecule has 1 unspecified atom stereocenters. The number of anilines is 1. The van der Waals surface area contributed by atoms with Crippen molar-refractivity contribution in [1.82, 2.24) is 9.61 Å². The zero-order valence-corrected chi connectivity index (χ0v) is 21.9. The third-order valence-corrected chi connectivity index (χ3v) is 7.48. The molecule has 0 N–H and O–H groups in total. The lowest BCUT2D eigenvalue weighted by Crippen LogP contribution is -2.39. The molecule has 0 aliphatic carbocycles. The van der Waals surface area contributed by atoms with E-state index in [1.165, 1.54) is 11.3 Å². The van der Waals surface area contributed by atoms with Crippen LogP contribution in [-0.4, -0.2) is 56.7 Å². The largest absolute Gasteiger partial charge is 0.496 e. The molecule has 0 bridgehead atoms. The van der Waals surface area contributed by atoms with Gasteiger partial charge in [0.1, 0.15) is 28.1 Å². The van der Waals surface area contributed by atoms with Gasteiger partial charge in [-0.2, -0.15) is 10.5 Å². The topological polar surface area (TPSA) is 105 Å². The average molecular weight is 510 g/mol. The first-order chi connectivity index (χ1) is 17.6. The summed E-state index contributed by atoms with van der Waals surface area (Å²) in [6.07, 6.45) is 3.56. The predicted octanol–water partition coefficient (Wildman–Crippen LogP) is 4.89. The van der Waals surface area contributed by atoms with Crippen LogP contribution in [0.4, 0.5) is 5.69 Å². The van der Waals surface area contributed by atoms with Crippen molar-refractivity contribution >= 4 is 21.9 Å². The minimum absolute atomic E-state index is 0.302. The molecule has 1 aliphatic heterocycles. The van der Waals surface area contributed by atoms with E-state index in [1.54, 1.807) is 33.5 Å². The molecule has 3 heterocycles. The Morgan fingerprint density at radius 2 is 1.86 bits per heavy atom. The van der Waals surface area contributed by atoms with Crippen molar-refractivity contribution in [1.29, 1.82) is 10.5 Å². The molecule has 2 aromatic heterocycles. The van der Waals surface area contributed by atoms with Crippen molar-refractivity contribution in [2.45, 2.75) is 38.6 Å². The predicted molar refractivity (Wildman–Crippen MR) is 138 cm³/mol. The molecule has 36 heavy (non-hydrogen) atoms. The lowest BCUT2D eigenvalue weighted by Gasteiger charge is -2.33. The first-order valence-corrected chi connectivity index (χ1v) is 12.9. The van der Waals surface area contributed by atoms with Gasteiger partial charge in [-0.1, -0.05) is 13.3 Å². The van der Waals surface area contributed by atoms with E-state index >= 15 is 0 Å². The summed E-state index contributed by atoms with van der Waals surface area (Å²) < 4.78 is 24.4. The van der Waals surface area contributed by atoms with E-state index in [4.69, 9.17) is 24.0 Å². The second-order valence-corrected chi connectivity index (χ2v) is 9.56. The Morgan fingerprint density at radius 1 is 1.17 bits per heavy atom. The summed E-state index contributed by atoms with van der Waals surface area (Å²) in [5.41, 5.74) is 2.72. The van der Waals surface area contributed by atoms with Gasteiger partial charge >= 0.3 is 0 Å². The van der Waals surface area contributed by atoms with Crippen molar-refractivity contribution in [3.05, 3.63) is 23.1 Å². The molecule has 0 spiro atoms. The van der Waals surface area contributed by atoms with Crippen LogP contribution in [0, 0.1) is 28.6 Å². The Hall–Kier alpha value is -3.47. The van der Waals surface area contributed by atoms with Crippen LogP contribution in [-0.2, 0) is 4.74 Å². The Bertz CT molecular complexity index is 1260. The molecule has 1 aliphatic rings. The number of hydrogen-bond acceptors (Lipinski definition) is 9. The molecule has 9 nitrogen and oxygen atoms in total. The number of benzene rings is 1. The number of nitrogens with zero attached hydrogens (tertiary/aromatic N) is 5. The zero-order valence-electron chi connectivity index (χ0n) is 21.1. The highest BCUT2D eigenvalue weighted by Gasteiger charge is 2.31. The first kappa shape index (κ1) is 25.6. The monoisotopic (exact) mass is 509 g/mol. The van der Waals surface area contributed by atoms with Gasteiger partial charge in [-0.05, 0) is 37.3 Å². The normalized spacial score (nSPS) is 14.7. The lowest BCUT2D eigenvalue weighted by atomic mass is 9.98. The minimum Gasteiger partial charge on any atom is -0.496 e. The average Bonchev–Trinajstić information content (AvgIpc) is 3.49. The fourth-order valence-electron chi connectivity index (χ4n) is 4.73. The van der Waals surface area contributed by atoms with Gasteiger partial charge in [-0.15, -0.1) is 16.4 Å². The summed E-state index contributed by atoms with van der Waals surface area (Å²) in [7, 11) is 4.73. The van der Waals surface area contributed by atoms with Gasteiger partial charge in [0, 0.05) is 25.1 Å². The maximum atomic E-state index is 10.1. The maximum Gasteiger partial charge on any atom is 0.258 e. The van der Waals surface area contributed by atoms with Crippen molar-refractivity contribution in [3.8, 4) is 40.8 Å². The molecular weight excluding hydrogens is 478 g/mol. The zero-order chi connectivity index (χ0) is 25.7. The third kappa shape index (κ3) is 4.79. The fraction of sp³-hybridized carbons (Fsp3) is 0.500. The first-order valence-electron chi connectivity index (χ1n) is 12.0. The number of nitriles is 2. The van der Waals surface area contributed by atoms with Gasteiger partial charge in [-0.3, -0.25) is 0 Å². The van der Waals surface area contributed by atoms with Crippen LogP contribution in [0.15, 0.2) is 17.5 Å². The summed E-state index contributed by atoms with van der Waals surface area (Å²) in [5, 5.41) is 26.3. The summed E-state index contributed by atoms with van der Waals surface area (Å²) in [4.78, 5) is 3.05. The number of fused-ring (bicyclic) bond motifs is 1. The molecule has 3 aromatic rings. The number of aromatic nitrogens is 2. The summed E-state index contributed by atoms with van der Waals surface area (Å²) in [5.74, 6) is 1.92. The quantitative estimate of drug-likeness (QED) is 0.381. The van der Waals surface area contributed by atoms with Gasteiger partial charge in [0.05, 0.1) is 50.3 Å². The van der Waals surface area contributed by atoms with Gasteiger partial charge < -0.3 is 23.8 Å². The van der Waals surface area contributed by atoms with Crippen molar-refractivity contribution in [3.63, 3.8) is 0 Å². The van der Waals surface area contributed by atoms with E-state index in [0.29, 0.717) is 34.4 Å². The van der Waals surface area contributed by atoms with Crippen LogP contribution in [0.1, 0.15) is 38.2 Å². The van der Waals surface area contributed by atoms with Crippen LogP contribution < -0.4 is 19.1 Å². The highest BCUT2D eigenvalue weighted by Crippen LogP contribution is 2.45. The second-order valence-electron chi connectivity index (χ2n) is 8.71. The SMILES string of the molecule is CCCC(C#N)N(CC1CCOCC1)c1c(OC)nn2c(-c3c(OC)cc(C#N)cc3OC)csc12. The van der Waals surface area contributed by atoms with Crippen molar-refractivity contribution in [2.24, 2.45) is 5.92 Å². The number of hydrogen-bond donors (Lipinski definition) is 0. The van der Waals surface area contributed by atoms with E-state index < -0.39 is 0 Å². The maximum absolute atomic E-state index is 10.1. The highest BCUT2D eigenvalue weighted by molar-refractivity contribution is 7.16. The molecule has 10 heteroatoms. The smallest absolute Gasteiger partial charge is 0.258 e. The summed E-state index contributed by atoms with van der Waals surface area (Å²) in [6.45, 7) is 4.31. The van der Waals surface area contributed by atoms with E-state index in [9.17, 15) is 10.5 Å². The molecule has 0 radical (unpaired) electrons. The summed E-state index contributed by atoms with van der Waals surface area (Å²) >= 11 is 1.52. The van der Waals surface area contributed by atoms with E-state index in [2.05, 4.69) is 24.0 Å². The van der Waals surface area contributed by atoms with Gasteiger partial charge in [-0.25, -0.2) is 4.52 Å². The van der Waals surface area contributed by atoms with Crippen LogP contribution in [0.2, 0.25) is 0 Å². The third-order valence-electron chi connectivity index (χ3n) is 6.55. The molecule has 0 amide bonds. The molecule has 1 aromatic carbocycles. The fourth-order valence-corrected chi connectivity index (χ4v) is 5.72. The van der Waals surface area contributed by atoms with Crippen molar-refractivity contribution < 1.29 is 18.9 Å². The number of rotatable bonds is 10. The molecule has 1 fully saturated rings. The van der Waals surface area contributed by atoms with Gasteiger partial charge in [0.25, 0.3) is 5.88 Å². The minimum atomic E-state index is -0.302. The Morgan fingerprint density at radius 3 is 2.42 bits per heavy atom. The second kappa shape index (κ2) is 11.5. The van der Waals surface area contributed by atoms with E-state index in [-0.39, 0.29) is 6.04 Å². The lowest BCUT2D eigenvalue weighted by molar-refractivity contribution is 0.0679. The van der Waals surface area contributed by atoms with E-state index in [0.717, 1.165) is 61.7 Å². The molecule has 1 saturated heterocycles. The number of thiazole rings is 1. The van der Waals surface area contributed by atoms with Crippen LogP contribution >= 0.6 is 11.3 Å². The molecule has 4 rings (SSSR count). The van der Waals surface area contributed by atoms with E-state index in [1.807, 2.05) is 9.90 Å². The molecule has 1 atom stereocenters. The van der Waals surface area contributed by atoms with Crippen molar-refractivity contribution in [2.75, 3.05) is 46.0 Å². The van der Waals surface area contributed by atoms with Gasteiger partial charge in [0.2, 0.25) is 0 Å². The summed E-state index contributed by atoms with van der Waals surface area (Å²) in [6, 6.07) is 7.74. The van der Waals surface area contributed by atoms with Gasteiger partial charge in [0.15, 0.2) is 0 Å². The Kier molecular flexibility index (Phi) is 8.19. The Balaban J connectivity index is 1.88. The molecular formula is C26H31N5O4S. The van der Waals surface area contributed by atoms with Crippen LogP contribution in [0.3, 0.4) is 0 Å². The molecule has 0 saturated carbocycles. The standard InChI is InChI=1S/C26H31N5O4S/c1-5-6-19(14-28)30(15-17-7-9-35-10-8-17)24-25(34-4)29-31-20(16-36-26(24)31)23-21(32-2)11-18(13-27)12-22(23)33-3/h11-12,16-17,19H,5-10,15H2,1-4H3. The van der Waals surface area contributed by atoms with Crippen LogP contribution in [0.25, 0.3) is 16.1 Å². The Labute approximate surface area is 215 Å². The number of ether oxygens (including phenoxy) is 4. The number of methoxy groups -OCH3 is 3. The van der Waals surface area contributed by atoms with Crippen LogP contribution in [0.5, 0.6) is 17.4 Å². The molecule has 190 valence electrons. The highest BCUT2D eigenvalue weighted by atomic mass is 32.1.